The highest BCUT2D eigenvalue weighted by Gasteiger charge is 1.97. The summed E-state index contributed by atoms with van der Waals surface area (Å²) in [6.07, 6.45) is 3.34. The largest absolute Gasteiger partial charge is 0.496 e. The Hall–Kier alpha value is -2.01. The molecule has 0 bridgehead atoms. The zero-order chi connectivity index (χ0) is 13.2. The van der Waals surface area contributed by atoms with Crippen LogP contribution in [0.15, 0.2) is 30.5 Å². The standard InChI is InChI=1S/C13H18N2O3/c1-17-10-9-15-13(16)14-8-7-11-5-3-4-6-12(11)18-2/h3-8H,9-10H2,1-2H3,(H2,14,15,16)/b8-7+. The summed E-state index contributed by atoms with van der Waals surface area (Å²) in [4.78, 5) is 11.3. The lowest BCUT2D eigenvalue weighted by atomic mass is 10.2. The number of carbonyl (C=O) groups is 1. The Morgan fingerprint density at radius 2 is 2.11 bits per heavy atom. The molecule has 0 fully saturated rings. The van der Waals surface area contributed by atoms with Gasteiger partial charge in [0, 0.05) is 25.4 Å². The van der Waals surface area contributed by atoms with Crippen LogP contribution in [0, 0.1) is 0 Å². The van der Waals surface area contributed by atoms with Crippen molar-refractivity contribution >= 4 is 12.1 Å². The van der Waals surface area contributed by atoms with E-state index in [0.29, 0.717) is 13.2 Å². The van der Waals surface area contributed by atoms with Crippen LogP contribution in [0.4, 0.5) is 4.79 Å². The van der Waals surface area contributed by atoms with Crippen LogP contribution in [0.3, 0.4) is 0 Å². The van der Waals surface area contributed by atoms with E-state index < -0.39 is 0 Å². The Balaban J connectivity index is 2.42. The molecule has 0 aliphatic carbocycles. The highest BCUT2D eigenvalue weighted by Crippen LogP contribution is 2.17. The van der Waals surface area contributed by atoms with Crippen molar-refractivity contribution in [2.75, 3.05) is 27.4 Å². The van der Waals surface area contributed by atoms with Crippen LogP contribution < -0.4 is 15.4 Å². The van der Waals surface area contributed by atoms with E-state index in [4.69, 9.17) is 9.47 Å². The number of hydrogen-bond donors (Lipinski definition) is 2. The van der Waals surface area contributed by atoms with Gasteiger partial charge in [-0.1, -0.05) is 18.2 Å². The van der Waals surface area contributed by atoms with E-state index in [-0.39, 0.29) is 6.03 Å². The minimum absolute atomic E-state index is 0.266. The van der Waals surface area contributed by atoms with Gasteiger partial charge in [0.05, 0.1) is 13.7 Å². The van der Waals surface area contributed by atoms with Crippen LogP contribution in [-0.2, 0) is 4.74 Å². The summed E-state index contributed by atoms with van der Waals surface area (Å²) >= 11 is 0. The van der Waals surface area contributed by atoms with Crippen molar-refractivity contribution in [2.45, 2.75) is 0 Å². The number of rotatable bonds is 6. The maximum Gasteiger partial charge on any atom is 0.318 e. The molecule has 0 aliphatic heterocycles. The molecule has 5 nitrogen and oxygen atoms in total. The van der Waals surface area contributed by atoms with E-state index in [0.717, 1.165) is 11.3 Å². The fraction of sp³-hybridized carbons (Fsp3) is 0.308. The average Bonchev–Trinajstić information content (AvgIpc) is 2.39. The number of para-hydroxylation sites is 1. The van der Waals surface area contributed by atoms with Crippen LogP contribution in [0.5, 0.6) is 5.75 Å². The van der Waals surface area contributed by atoms with Gasteiger partial charge in [0.1, 0.15) is 5.75 Å². The maximum absolute atomic E-state index is 11.3. The smallest absolute Gasteiger partial charge is 0.318 e. The molecule has 0 atom stereocenters. The summed E-state index contributed by atoms with van der Waals surface area (Å²) < 4.78 is 10.0. The summed E-state index contributed by atoms with van der Waals surface area (Å²) in [7, 11) is 3.19. The molecular formula is C13H18N2O3. The maximum atomic E-state index is 11.3. The summed E-state index contributed by atoms with van der Waals surface area (Å²) in [6, 6.07) is 7.29. The Labute approximate surface area is 107 Å². The predicted molar refractivity (Wildman–Crippen MR) is 70.4 cm³/mol. The molecular weight excluding hydrogens is 232 g/mol. The van der Waals surface area contributed by atoms with Gasteiger partial charge in [0.25, 0.3) is 0 Å². The second kappa shape index (κ2) is 8.14. The van der Waals surface area contributed by atoms with Crippen molar-refractivity contribution < 1.29 is 14.3 Å². The van der Waals surface area contributed by atoms with Crippen molar-refractivity contribution in [3.63, 3.8) is 0 Å². The molecule has 0 radical (unpaired) electrons. The first-order valence-electron chi connectivity index (χ1n) is 5.61. The van der Waals surface area contributed by atoms with Crippen molar-refractivity contribution in [3.05, 3.63) is 36.0 Å². The lowest BCUT2D eigenvalue weighted by molar-refractivity contribution is 0.196. The molecule has 1 rings (SSSR count). The molecule has 0 heterocycles. The van der Waals surface area contributed by atoms with Crippen LogP contribution in [0.1, 0.15) is 5.56 Å². The second-order valence-electron chi connectivity index (χ2n) is 3.47. The van der Waals surface area contributed by atoms with Gasteiger partial charge in [-0.3, -0.25) is 0 Å². The van der Waals surface area contributed by atoms with E-state index >= 15 is 0 Å². The van der Waals surface area contributed by atoms with Gasteiger partial charge in [0.2, 0.25) is 0 Å². The predicted octanol–water partition coefficient (Wildman–Crippen LogP) is 1.61. The average molecular weight is 250 g/mol. The van der Waals surface area contributed by atoms with Crippen LogP contribution in [0.2, 0.25) is 0 Å². The molecule has 0 unspecified atom stereocenters. The molecule has 1 aromatic carbocycles. The molecule has 1 aromatic rings. The van der Waals surface area contributed by atoms with Crippen LogP contribution in [-0.4, -0.2) is 33.4 Å². The van der Waals surface area contributed by atoms with Gasteiger partial charge < -0.3 is 20.1 Å². The molecule has 2 amide bonds. The van der Waals surface area contributed by atoms with Gasteiger partial charge in [-0.15, -0.1) is 0 Å². The zero-order valence-electron chi connectivity index (χ0n) is 10.6. The van der Waals surface area contributed by atoms with Gasteiger partial charge in [-0.05, 0) is 12.1 Å². The fourth-order valence-electron chi connectivity index (χ4n) is 1.33. The Kier molecular flexibility index (Phi) is 6.35. The molecule has 2 N–H and O–H groups in total. The summed E-state index contributed by atoms with van der Waals surface area (Å²) in [6.45, 7) is 0.967. The number of methoxy groups -OCH3 is 2. The van der Waals surface area contributed by atoms with Crippen molar-refractivity contribution in [2.24, 2.45) is 0 Å². The van der Waals surface area contributed by atoms with Crippen LogP contribution in [0.25, 0.3) is 6.08 Å². The van der Waals surface area contributed by atoms with Crippen molar-refractivity contribution in [1.82, 2.24) is 10.6 Å². The highest BCUT2D eigenvalue weighted by molar-refractivity contribution is 5.76. The lowest BCUT2D eigenvalue weighted by Gasteiger charge is -2.05. The van der Waals surface area contributed by atoms with Crippen LogP contribution >= 0.6 is 0 Å². The molecule has 5 heteroatoms. The summed E-state index contributed by atoms with van der Waals surface area (Å²) in [5.74, 6) is 0.760. The SMILES string of the molecule is COCCNC(=O)N/C=C/c1ccccc1OC. The topological polar surface area (TPSA) is 59.6 Å². The number of amides is 2. The highest BCUT2D eigenvalue weighted by atomic mass is 16.5. The number of hydrogen-bond acceptors (Lipinski definition) is 3. The lowest BCUT2D eigenvalue weighted by Crippen LogP contribution is -2.34. The Morgan fingerprint density at radius 1 is 1.33 bits per heavy atom. The summed E-state index contributed by atoms with van der Waals surface area (Å²) in [5.41, 5.74) is 0.900. The van der Waals surface area contributed by atoms with Crippen molar-refractivity contribution in [1.29, 1.82) is 0 Å². The second-order valence-corrected chi connectivity index (χ2v) is 3.47. The molecule has 98 valence electrons. The van der Waals surface area contributed by atoms with E-state index in [9.17, 15) is 4.79 Å². The van der Waals surface area contributed by atoms with E-state index in [2.05, 4.69) is 10.6 Å². The molecule has 0 aliphatic rings. The first-order chi connectivity index (χ1) is 8.77. The third-order valence-electron chi connectivity index (χ3n) is 2.21. The van der Waals surface area contributed by atoms with Gasteiger partial charge >= 0.3 is 6.03 Å². The van der Waals surface area contributed by atoms with Crippen molar-refractivity contribution in [3.8, 4) is 5.75 Å². The minimum atomic E-state index is -0.266. The molecule has 0 saturated heterocycles. The first kappa shape index (κ1) is 14.1. The third-order valence-corrected chi connectivity index (χ3v) is 2.21. The third kappa shape index (κ3) is 4.88. The zero-order valence-corrected chi connectivity index (χ0v) is 10.6. The van der Waals surface area contributed by atoms with Gasteiger partial charge in [0.15, 0.2) is 0 Å². The molecule has 0 spiro atoms. The quantitative estimate of drug-likeness (QED) is 0.754. The number of ether oxygens (including phenoxy) is 2. The first-order valence-corrected chi connectivity index (χ1v) is 5.61. The Morgan fingerprint density at radius 3 is 2.83 bits per heavy atom. The van der Waals surface area contributed by atoms with E-state index in [1.807, 2.05) is 24.3 Å². The monoisotopic (exact) mass is 250 g/mol. The minimum Gasteiger partial charge on any atom is -0.496 e. The Bertz CT molecular complexity index is 405. The summed E-state index contributed by atoms with van der Waals surface area (Å²) in [5, 5.41) is 5.24. The molecule has 0 aromatic heterocycles. The number of benzene rings is 1. The number of urea groups is 1. The normalized spacial score (nSPS) is 10.3. The number of nitrogens with one attached hydrogen (secondary N) is 2. The van der Waals surface area contributed by atoms with E-state index in [1.165, 1.54) is 0 Å². The molecule has 0 saturated carbocycles. The van der Waals surface area contributed by atoms with Gasteiger partial charge in [-0.25, -0.2) is 4.79 Å². The number of carbonyl (C=O) groups excluding carboxylic acids is 1. The fourth-order valence-corrected chi connectivity index (χ4v) is 1.33. The molecule has 18 heavy (non-hydrogen) atoms. The van der Waals surface area contributed by atoms with E-state index in [1.54, 1.807) is 26.5 Å². The van der Waals surface area contributed by atoms with Gasteiger partial charge in [-0.2, -0.15) is 0 Å².